The van der Waals surface area contributed by atoms with Crippen LogP contribution in [0.2, 0.25) is 0 Å². The molecule has 0 bridgehead atoms. The minimum Gasteiger partial charge on any atom is -0.453 e. The first kappa shape index (κ1) is 38.5. The predicted octanol–water partition coefficient (Wildman–Crippen LogP) is 5.04. The number of alkyl carbamates (subject to hydrolysis) is 1. The van der Waals surface area contributed by atoms with Gasteiger partial charge in [0.15, 0.2) is 0 Å². The van der Waals surface area contributed by atoms with Crippen molar-refractivity contribution in [3.63, 3.8) is 0 Å². The summed E-state index contributed by atoms with van der Waals surface area (Å²) in [6.45, 7) is 9.06. The van der Waals surface area contributed by atoms with Gasteiger partial charge in [-0.05, 0) is 74.3 Å². The van der Waals surface area contributed by atoms with Gasteiger partial charge in [0, 0.05) is 36.9 Å². The number of methoxy groups -OCH3 is 1. The number of aromatic nitrogens is 4. The molecule has 14 heteroatoms. The quantitative estimate of drug-likeness (QED) is 0.0802. The van der Waals surface area contributed by atoms with Crippen LogP contribution < -0.4 is 5.32 Å². The Morgan fingerprint density at radius 3 is 1.81 bits per heavy atom. The summed E-state index contributed by atoms with van der Waals surface area (Å²) in [5.41, 5.74) is 4.54. The predicted molar refractivity (Wildman–Crippen MR) is 195 cm³/mol. The van der Waals surface area contributed by atoms with Crippen LogP contribution in [0, 0.1) is 11.8 Å². The molecular formula is C38H54N8O6. The number of imidazole rings is 2. The lowest BCUT2D eigenvalue weighted by Crippen LogP contribution is -2.51. The molecule has 0 aliphatic carbocycles. The number of benzene rings is 1. The van der Waals surface area contributed by atoms with E-state index in [2.05, 4.69) is 59.4 Å². The Bertz CT molecular complexity index is 1650. The third-order valence-corrected chi connectivity index (χ3v) is 10.0. The van der Waals surface area contributed by atoms with Crippen LogP contribution in [0.4, 0.5) is 4.79 Å². The molecule has 2 aliphatic heterocycles. The van der Waals surface area contributed by atoms with Crippen LogP contribution >= 0.6 is 0 Å². The van der Waals surface area contributed by atoms with Gasteiger partial charge in [0.2, 0.25) is 18.2 Å². The fourth-order valence-electron chi connectivity index (χ4n) is 7.11. The Morgan fingerprint density at radius 2 is 1.35 bits per heavy atom. The lowest BCUT2D eigenvalue weighted by molar-refractivity contribution is -0.188. The summed E-state index contributed by atoms with van der Waals surface area (Å²) >= 11 is 0. The van der Waals surface area contributed by atoms with Crippen molar-refractivity contribution in [2.24, 2.45) is 16.8 Å². The molecule has 0 unspecified atom stereocenters. The molecule has 2 aromatic heterocycles. The van der Waals surface area contributed by atoms with E-state index in [0.29, 0.717) is 13.1 Å². The summed E-state index contributed by atoms with van der Waals surface area (Å²) in [6.07, 6.45) is 11.1. The number of H-pyrrole nitrogens is 2. The van der Waals surface area contributed by atoms with Crippen LogP contribution in [0.3, 0.4) is 0 Å². The SMILES string of the molecule is COOC=N[C@H](C(=O)N1CCC[C@H]1c1ncc(CCc2ccc(CCc3cnc([C@@H]4CCCN4C(=O)[C@@H](NC(=O)OC)C(C)C)[nH]3)cc2)[nH]1)C(C)C. The second kappa shape index (κ2) is 18.2. The second-order valence-electron chi connectivity index (χ2n) is 14.3. The minimum absolute atomic E-state index is 0.0109. The van der Waals surface area contributed by atoms with Crippen molar-refractivity contribution >= 4 is 24.3 Å². The van der Waals surface area contributed by atoms with Gasteiger partial charge in [-0.1, -0.05) is 52.0 Å². The number of rotatable bonds is 16. The number of likely N-dealkylation sites (tertiary alicyclic amines) is 2. The molecule has 3 amide bonds. The van der Waals surface area contributed by atoms with Crippen molar-refractivity contribution in [3.8, 4) is 0 Å². The van der Waals surface area contributed by atoms with E-state index in [-0.39, 0.29) is 35.7 Å². The zero-order valence-electron chi connectivity index (χ0n) is 31.3. The Balaban J connectivity index is 1.11. The number of amides is 3. The second-order valence-corrected chi connectivity index (χ2v) is 14.3. The summed E-state index contributed by atoms with van der Waals surface area (Å²) in [6, 6.07) is 7.26. The van der Waals surface area contributed by atoms with Crippen LogP contribution in [-0.4, -0.2) is 93.4 Å². The molecule has 14 nitrogen and oxygen atoms in total. The van der Waals surface area contributed by atoms with Crippen LogP contribution in [0.1, 0.15) is 99.6 Å². The number of nitrogens with zero attached hydrogens (tertiary/aromatic N) is 5. The van der Waals surface area contributed by atoms with E-state index in [1.807, 2.05) is 49.9 Å². The van der Waals surface area contributed by atoms with Crippen LogP contribution in [0.15, 0.2) is 41.7 Å². The standard InChI is InChI=1S/C38H54N8O6/c1-24(2)32(41-23-52-51-6)36(47)45-19-7-9-30(45)34-39-21-28(42-34)17-15-26-11-13-27(14-12-26)16-18-29-22-40-35(43-29)31-10-8-20-46(31)37(48)33(25(3)4)44-38(49)50-5/h11-14,21-25,30-33H,7-10,15-20H2,1-6H3,(H,39,42)(H,40,43)(H,44,49)/t30-,31-,32-,33-/m0/s1. The number of hydrogen-bond acceptors (Lipinski definition) is 9. The summed E-state index contributed by atoms with van der Waals surface area (Å²) in [7, 11) is 2.69. The number of carbonyl (C=O) groups is 3. The van der Waals surface area contributed by atoms with Crippen LogP contribution in [0.25, 0.3) is 0 Å². The normalized spacial score (nSPS) is 18.8. The Kier molecular flexibility index (Phi) is 13.5. The van der Waals surface area contributed by atoms with Gasteiger partial charge in [-0.15, -0.1) is 0 Å². The highest BCUT2D eigenvalue weighted by Gasteiger charge is 2.38. The molecule has 3 N–H and O–H groups in total. The zero-order valence-corrected chi connectivity index (χ0v) is 31.3. The smallest absolute Gasteiger partial charge is 0.407 e. The third kappa shape index (κ3) is 9.58. The summed E-state index contributed by atoms with van der Waals surface area (Å²) in [5.74, 6) is 1.39. The van der Waals surface area contributed by atoms with Gasteiger partial charge in [0.05, 0.1) is 26.3 Å². The molecule has 0 radical (unpaired) electrons. The third-order valence-electron chi connectivity index (χ3n) is 10.0. The monoisotopic (exact) mass is 718 g/mol. The van der Waals surface area contributed by atoms with E-state index in [1.54, 1.807) is 0 Å². The first-order valence-electron chi connectivity index (χ1n) is 18.4. The van der Waals surface area contributed by atoms with E-state index in [4.69, 9.17) is 9.62 Å². The van der Waals surface area contributed by atoms with Crippen molar-refractivity contribution in [2.75, 3.05) is 27.3 Å². The topological polar surface area (TPSA) is 167 Å². The van der Waals surface area contributed by atoms with Crippen LogP contribution in [0.5, 0.6) is 0 Å². The van der Waals surface area contributed by atoms with E-state index < -0.39 is 18.2 Å². The molecule has 5 rings (SSSR count). The van der Waals surface area contributed by atoms with Gasteiger partial charge in [-0.25, -0.2) is 19.8 Å². The van der Waals surface area contributed by atoms with Crippen molar-refractivity contribution < 1.29 is 28.9 Å². The highest BCUT2D eigenvalue weighted by atomic mass is 17.2. The Hall–Kier alpha value is -4.72. The maximum atomic E-state index is 13.4. The fraction of sp³-hybridized carbons (Fsp3) is 0.579. The Morgan fingerprint density at radius 1 is 0.827 bits per heavy atom. The van der Waals surface area contributed by atoms with E-state index >= 15 is 0 Å². The zero-order chi connectivity index (χ0) is 37.2. The molecule has 0 saturated carbocycles. The number of aromatic amines is 2. The molecule has 2 fully saturated rings. The molecule has 2 aliphatic rings. The van der Waals surface area contributed by atoms with Crippen molar-refractivity contribution in [2.45, 2.75) is 103 Å². The van der Waals surface area contributed by atoms with Gasteiger partial charge in [-0.3, -0.25) is 9.59 Å². The number of ether oxygens (including phenoxy) is 1. The highest BCUT2D eigenvalue weighted by molar-refractivity contribution is 5.86. The van der Waals surface area contributed by atoms with Crippen LogP contribution in [-0.2, 0) is 49.8 Å². The number of carbonyl (C=O) groups excluding carboxylic acids is 3. The van der Waals surface area contributed by atoms with Gasteiger partial charge in [0.1, 0.15) is 23.7 Å². The van der Waals surface area contributed by atoms with Gasteiger partial charge in [0.25, 0.3) is 0 Å². The Labute approximate surface area is 306 Å². The number of aryl methyl sites for hydroxylation is 4. The lowest BCUT2D eigenvalue weighted by atomic mass is 10.0. The van der Waals surface area contributed by atoms with Crippen molar-refractivity contribution in [1.82, 2.24) is 35.1 Å². The molecule has 0 spiro atoms. The number of hydrogen-bond donors (Lipinski definition) is 3. The maximum absolute atomic E-state index is 13.4. The molecule has 3 aromatic rings. The molecule has 4 atom stereocenters. The largest absolute Gasteiger partial charge is 0.453 e. The average Bonchev–Trinajstić information content (AvgIpc) is 3.97. The number of aliphatic imine (C=N–C) groups is 1. The number of nitrogens with one attached hydrogen (secondary N) is 3. The molecule has 282 valence electrons. The van der Waals surface area contributed by atoms with E-state index in [9.17, 15) is 14.4 Å². The van der Waals surface area contributed by atoms with Gasteiger partial charge < -0.3 is 34.7 Å². The van der Waals surface area contributed by atoms with E-state index in [1.165, 1.54) is 31.7 Å². The molecule has 1 aromatic carbocycles. The highest BCUT2D eigenvalue weighted by Crippen LogP contribution is 2.33. The maximum Gasteiger partial charge on any atom is 0.407 e. The van der Waals surface area contributed by atoms with Crippen molar-refractivity contribution in [3.05, 3.63) is 70.8 Å². The molecule has 2 saturated heterocycles. The first-order valence-corrected chi connectivity index (χ1v) is 18.4. The first-order chi connectivity index (χ1) is 25.1. The lowest BCUT2D eigenvalue weighted by Gasteiger charge is -2.30. The van der Waals surface area contributed by atoms with E-state index in [0.717, 1.165) is 74.4 Å². The molecular weight excluding hydrogens is 664 g/mol. The summed E-state index contributed by atoms with van der Waals surface area (Å²) in [5, 5.41) is 2.70. The molecule has 4 heterocycles. The van der Waals surface area contributed by atoms with Gasteiger partial charge in [-0.2, -0.15) is 4.89 Å². The van der Waals surface area contributed by atoms with Gasteiger partial charge >= 0.3 is 6.09 Å². The summed E-state index contributed by atoms with van der Waals surface area (Å²) < 4.78 is 4.74. The minimum atomic E-state index is -0.658. The molecule has 52 heavy (non-hydrogen) atoms. The summed E-state index contributed by atoms with van der Waals surface area (Å²) in [4.78, 5) is 72.5. The fourth-order valence-corrected chi connectivity index (χ4v) is 7.11. The average molecular weight is 719 g/mol. The van der Waals surface area contributed by atoms with Crippen molar-refractivity contribution in [1.29, 1.82) is 0 Å².